The van der Waals surface area contributed by atoms with Crippen LogP contribution < -0.4 is 0 Å². The van der Waals surface area contributed by atoms with E-state index in [4.69, 9.17) is 18.9 Å². The molecule has 0 aromatic heterocycles. The van der Waals surface area contributed by atoms with Gasteiger partial charge in [-0.15, -0.1) is 0 Å². The zero-order valence-electron chi connectivity index (χ0n) is 21.8. The highest BCUT2D eigenvalue weighted by Crippen LogP contribution is 2.38. The maximum absolute atomic E-state index is 10.4. The van der Waals surface area contributed by atoms with Crippen molar-refractivity contribution in [1.29, 1.82) is 0 Å². The first-order valence-corrected chi connectivity index (χ1v) is 14.1. The summed E-state index contributed by atoms with van der Waals surface area (Å²) in [5.74, 6) is 0. The van der Waals surface area contributed by atoms with Crippen LogP contribution in [0.1, 0.15) is 16.7 Å². The molecule has 202 valence electrons. The molecule has 0 saturated carbocycles. The molecule has 1 aliphatic heterocycles. The van der Waals surface area contributed by atoms with E-state index in [0.29, 0.717) is 19.8 Å². The Morgan fingerprint density at radius 2 is 0.949 bits per heavy atom. The van der Waals surface area contributed by atoms with Gasteiger partial charge in [0, 0.05) is 4.90 Å². The largest absolute Gasteiger partial charge is 0.394 e. The molecule has 0 unspecified atom stereocenters. The third kappa shape index (κ3) is 7.79. The molecule has 5 rings (SSSR count). The van der Waals surface area contributed by atoms with Crippen molar-refractivity contribution in [2.75, 3.05) is 6.61 Å². The van der Waals surface area contributed by atoms with Gasteiger partial charge in [0.05, 0.1) is 26.4 Å². The Kier molecular flexibility index (Phi) is 10.2. The number of hydrogen-bond donors (Lipinski definition) is 1. The number of aliphatic hydroxyl groups is 1. The third-order valence-electron chi connectivity index (χ3n) is 6.62. The predicted octanol–water partition coefficient (Wildman–Crippen LogP) is 6.25. The Bertz CT molecular complexity index is 1230. The van der Waals surface area contributed by atoms with Crippen molar-refractivity contribution < 1.29 is 24.1 Å². The Morgan fingerprint density at radius 1 is 0.538 bits per heavy atom. The molecule has 4 aromatic rings. The molecule has 0 radical (unpaired) electrons. The fraction of sp³-hybridized carbons (Fsp3) is 0.273. The fourth-order valence-electron chi connectivity index (χ4n) is 4.62. The van der Waals surface area contributed by atoms with Gasteiger partial charge in [0.1, 0.15) is 29.9 Å². The molecule has 1 N–H and O–H groups in total. The Labute approximate surface area is 234 Å². The molecule has 4 aromatic carbocycles. The van der Waals surface area contributed by atoms with E-state index in [-0.39, 0.29) is 6.61 Å². The number of aliphatic hydroxyl groups excluding tert-OH is 1. The molecule has 1 saturated heterocycles. The van der Waals surface area contributed by atoms with Crippen LogP contribution in [-0.4, -0.2) is 41.6 Å². The fourth-order valence-corrected chi connectivity index (χ4v) is 5.77. The summed E-state index contributed by atoms with van der Waals surface area (Å²) in [5.41, 5.74) is 2.75. The minimum atomic E-state index is -0.577. The highest BCUT2D eigenvalue weighted by atomic mass is 32.2. The lowest BCUT2D eigenvalue weighted by atomic mass is 9.99. The third-order valence-corrected chi connectivity index (χ3v) is 7.78. The van der Waals surface area contributed by atoms with Crippen molar-refractivity contribution in [1.82, 2.24) is 0 Å². The highest BCUT2D eigenvalue weighted by Gasteiger charge is 2.48. The van der Waals surface area contributed by atoms with Gasteiger partial charge in [0.25, 0.3) is 0 Å². The summed E-state index contributed by atoms with van der Waals surface area (Å²) in [6.45, 7) is 0.976. The smallest absolute Gasteiger partial charge is 0.137 e. The van der Waals surface area contributed by atoms with E-state index in [2.05, 4.69) is 0 Å². The normalized spacial score (nSPS) is 22.9. The van der Waals surface area contributed by atoms with E-state index in [9.17, 15) is 5.11 Å². The van der Waals surface area contributed by atoms with Crippen LogP contribution in [0.5, 0.6) is 0 Å². The van der Waals surface area contributed by atoms with Crippen LogP contribution >= 0.6 is 11.8 Å². The Balaban J connectivity index is 1.44. The molecule has 5 nitrogen and oxygen atoms in total. The van der Waals surface area contributed by atoms with Crippen molar-refractivity contribution in [2.24, 2.45) is 0 Å². The Morgan fingerprint density at radius 3 is 1.41 bits per heavy atom. The minimum Gasteiger partial charge on any atom is -0.394 e. The summed E-state index contributed by atoms with van der Waals surface area (Å²) < 4.78 is 26.2. The highest BCUT2D eigenvalue weighted by molar-refractivity contribution is 7.99. The van der Waals surface area contributed by atoms with Crippen molar-refractivity contribution in [2.45, 2.75) is 54.6 Å². The van der Waals surface area contributed by atoms with E-state index >= 15 is 0 Å². The second-order valence-electron chi connectivity index (χ2n) is 9.44. The average molecular weight is 543 g/mol. The summed E-state index contributed by atoms with van der Waals surface area (Å²) in [6, 6.07) is 40.3. The minimum absolute atomic E-state index is 0.193. The first-order valence-electron chi connectivity index (χ1n) is 13.2. The lowest BCUT2D eigenvalue weighted by Crippen LogP contribution is -2.60. The van der Waals surface area contributed by atoms with Crippen molar-refractivity contribution in [3.63, 3.8) is 0 Å². The summed E-state index contributed by atoms with van der Waals surface area (Å²) in [6.07, 6.45) is -2.05. The SMILES string of the molecule is OC[C@H]1O[C@H](Sc2ccccc2)[C@@H](OCc2ccccc2)[C@@H](OCc2ccccc2)[C@@H]1OCc1ccccc1. The predicted molar refractivity (Wildman–Crippen MR) is 153 cm³/mol. The second kappa shape index (κ2) is 14.4. The molecule has 39 heavy (non-hydrogen) atoms. The zero-order valence-corrected chi connectivity index (χ0v) is 22.6. The average Bonchev–Trinajstić information content (AvgIpc) is 3.00. The lowest BCUT2D eigenvalue weighted by molar-refractivity contribution is -0.251. The number of thioether (sulfide) groups is 1. The monoisotopic (exact) mass is 542 g/mol. The van der Waals surface area contributed by atoms with Gasteiger partial charge in [-0.1, -0.05) is 121 Å². The van der Waals surface area contributed by atoms with E-state index in [1.54, 1.807) is 11.8 Å². The first-order chi connectivity index (χ1) is 19.3. The van der Waals surface area contributed by atoms with Gasteiger partial charge in [-0.2, -0.15) is 0 Å². The maximum atomic E-state index is 10.4. The van der Waals surface area contributed by atoms with Crippen LogP contribution in [0.15, 0.2) is 126 Å². The molecule has 5 atom stereocenters. The van der Waals surface area contributed by atoms with Crippen LogP contribution in [0.4, 0.5) is 0 Å². The standard InChI is InChI=1S/C33H34O5S/c34-21-29-30(35-22-25-13-5-1-6-14-25)31(36-23-26-15-7-2-8-16-26)32(37-24-27-17-9-3-10-18-27)33(38-29)39-28-19-11-4-12-20-28/h1-20,29-34H,21-24H2/t29-,30-,31+,32+,33-/m1/s1. The topological polar surface area (TPSA) is 57.2 Å². The quantitative estimate of drug-likeness (QED) is 0.228. The van der Waals surface area contributed by atoms with Gasteiger partial charge < -0.3 is 24.1 Å². The first kappa shape index (κ1) is 27.6. The van der Waals surface area contributed by atoms with Crippen LogP contribution in [-0.2, 0) is 38.8 Å². The molecule has 1 fully saturated rings. The van der Waals surface area contributed by atoms with Gasteiger partial charge in [0.2, 0.25) is 0 Å². The lowest BCUT2D eigenvalue weighted by Gasteiger charge is -2.45. The number of rotatable bonds is 12. The molecule has 0 bridgehead atoms. The van der Waals surface area contributed by atoms with Crippen LogP contribution in [0.2, 0.25) is 0 Å². The van der Waals surface area contributed by atoms with Crippen molar-refractivity contribution in [3.05, 3.63) is 138 Å². The summed E-state index contributed by atoms with van der Waals surface area (Å²) >= 11 is 1.57. The second-order valence-corrected chi connectivity index (χ2v) is 10.6. The van der Waals surface area contributed by atoms with Crippen molar-refractivity contribution >= 4 is 11.8 Å². The maximum Gasteiger partial charge on any atom is 0.137 e. The number of ether oxygens (including phenoxy) is 4. The van der Waals surface area contributed by atoms with Gasteiger partial charge in [-0.25, -0.2) is 0 Å². The van der Waals surface area contributed by atoms with Crippen LogP contribution in [0.3, 0.4) is 0 Å². The molecule has 1 heterocycles. The molecular weight excluding hydrogens is 508 g/mol. The van der Waals surface area contributed by atoms with E-state index in [1.165, 1.54) is 0 Å². The molecule has 0 aliphatic carbocycles. The molecular formula is C33H34O5S. The van der Waals surface area contributed by atoms with E-state index in [1.807, 2.05) is 121 Å². The van der Waals surface area contributed by atoms with Gasteiger partial charge >= 0.3 is 0 Å². The molecule has 0 spiro atoms. The number of benzene rings is 4. The van der Waals surface area contributed by atoms with Gasteiger partial charge in [-0.05, 0) is 28.8 Å². The molecule has 6 heteroatoms. The molecule has 0 amide bonds. The molecule has 1 aliphatic rings. The summed E-state index contributed by atoms with van der Waals surface area (Å²) in [7, 11) is 0. The van der Waals surface area contributed by atoms with Crippen LogP contribution in [0, 0.1) is 0 Å². The van der Waals surface area contributed by atoms with Crippen LogP contribution in [0.25, 0.3) is 0 Å². The van der Waals surface area contributed by atoms with Gasteiger partial charge in [0.15, 0.2) is 0 Å². The zero-order chi connectivity index (χ0) is 26.7. The summed E-state index contributed by atoms with van der Waals surface area (Å²) in [5, 5.41) is 10.4. The van der Waals surface area contributed by atoms with E-state index < -0.39 is 29.9 Å². The number of hydrogen-bond acceptors (Lipinski definition) is 6. The van der Waals surface area contributed by atoms with Crippen molar-refractivity contribution in [3.8, 4) is 0 Å². The summed E-state index contributed by atoms with van der Waals surface area (Å²) in [4.78, 5) is 1.05. The van der Waals surface area contributed by atoms with E-state index in [0.717, 1.165) is 21.6 Å². The van der Waals surface area contributed by atoms with Gasteiger partial charge in [-0.3, -0.25) is 0 Å². The Hall–Kier alpha value is -2.97.